The van der Waals surface area contributed by atoms with Crippen LogP contribution in [-0.2, 0) is 64.5 Å². The number of aliphatic imine (C=N–C) groups is 3. The molecule has 0 radical (unpaired) electrons. The van der Waals surface area contributed by atoms with Crippen molar-refractivity contribution in [2.75, 3.05) is 60.8 Å². The summed E-state index contributed by atoms with van der Waals surface area (Å²) in [6, 6.07) is 16.9. The number of carbonyl (C=O) groups is 3. The third-order valence-electron chi connectivity index (χ3n) is 22.9. The Morgan fingerprint density at radius 2 is 0.646 bits per heavy atom. The highest BCUT2D eigenvalue weighted by Crippen LogP contribution is 2.66. The van der Waals surface area contributed by atoms with Gasteiger partial charge in [-0.3, -0.25) is 29.1 Å². The van der Waals surface area contributed by atoms with Crippen LogP contribution in [0.4, 0.5) is 39.5 Å². The quantitative estimate of drug-likeness (QED) is 0.121. The molecule has 1 unspecified atom stereocenters. The van der Waals surface area contributed by atoms with Gasteiger partial charge in [-0.1, -0.05) is 18.2 Å². The highest BCUT2D eigenvalue weighted by molar-refractivity contribution is 6.10. The van der Waals surface area contributed by atoms with Crippen LogP contribution in [-0.4, -0.2) is 148 Å². The molecule has 3 atom stereocenters. The molecular formula is C69H84F9N9O9. The highest BCUT2D eigenvalue weighted by Gasteiger charge is 2.71. The number of halogens is 9. The summed E-state index contributed by atoms with van der Waals surface area (Å²) in [5.74, 6) is 0.387. The number of nitrogens with zero attached hydrogens (tertiary/aromatic N) is 6. The molecule has 0 aromatic heterocycles. The summed E-state index contributed by atoms with van der Waals surface area (Å²) in [5, 5.41) is 0. The van der Waals surface area contributed by atoms with Gasteiger partial charge in [0.15, 0.2) is 34.5 Å². The Kier molecular flexibility index (Phi) is 17.5. The second-order valence-electron chi connectivity index (χ2n) is 29.0. The fourth-order valence-corrected chi connectivity index (χ4v) is 17.3. The van der Waals surface area contributed by atoms with Gasteiger partial charge in [-0.25, -0.2) is 15.0 Å². The van der Waals surface area contributed by atoms with Gasteiger partial charge < -0.3 is 45.6 Å². The molecule has 96 heavy (non-hydrogen) atoms. The first-order valence-electron chi connectivity index (χ1n) is 33.6. The molecule has 3 aromatic rings. The maximum absolute atomic E-state index is 13.8. The van der Waals surface area contributed by atoms with Crippen molar-refractivity contribution in [3.63, 3.8) is 0 Å². The zero-order valence-electron chi connectivity index (χ0n) is 54.2. The lowest BCUT2D eigenvalue weighted by atomic mass is 9.61. The largest absolute Gasteiger partial charge is 0.493 e. The van der Waals surface area contributed by atoms with Crippen LogP contribution in [0.15, 0.2) is 69.6 Å². The van der Waals surface area contributed by atoms with E-state index in [1.54, 1.807) is 39.5 Å². The van der Waals surface area contributed by atoms with Gasteiger partial charge in [0.1, 0.15) is 36.9 Å². The molecule has 12 aliphatic rings. The Morgan fingerprint density at radius 1 is 0.406 bits per heavy atom. The van der Waals surface area contributed by atoms with E-state index in [0.29, 0.717) is 144 Å². The number of benzene rings is 3. The Hall–Kier alpha value is -6.87. The van der Waals surface area contributed by atoms with E-state index in [2.05, 4.69) is 15.0 Å². The predicted molar refractivity (Wildman–Crippen MR) is 333 cm³/mol. The predicted octanol–water partition coefficient (Wildman–Crippen LogP) is 10.6. The van der Waals surface area contributed by atoms with Crippen molar-refractivity contribution in [2.24, 2.45) is 66.2 Å². The maximum atomic E-state index is 13.8. The topological polar surface area (TPSA) is 231 Å². The van der Waals surface area contributed by atoms with E-state index in [9.17, 15) is 53.9 Å². The summed E-state index contributed by atoms with van der Waals surface area (Å²) in [6.07, 6.45) is 3.17. The van der Waals surface area contributed by atoms with Crippen molar-refractivity contribution in [3.05, 3.63) is 88.0 Å². The average molecular weight is 1350 g/mol. The van der Waals surface area contributed by atoms with E-state index in [1.807, 2.05) is 36.4 Å². The number of nitrogens with two attached hydrogens (primary N) is 3. The van der Waals surface area contributed by atoms with Gasteiger partial charge >= 0.3 is 18.5 Å². The highest BCUT2D eigenvalue weighted by atomic mass is 19.4. The van der Waals surface area contributed by atoms with Gasteiger partial charge in [0.2, 0.25) is 0 Å². The molecule has 6 saturated carbocycles. The summed E-state index contributed by atoms with van der Waals surface area (Å²) < 4.78 is 154. The summed E-state index contributed by atoms with van der Waals surface area (Å²) in [6.45, 7) is -2.50. The van der Waals surface area contributed by atoms with Gasteiger partial charge in [-0.15, -0.1) is 0 Å². The van der Waals surface area contributed by atoms with Gasteiger partial charge in [0.25, 0.3) is 17.7 Å². The van der Waals surface area contributed by atoms with Crippen LogP contribution < -0.4 is 31.4 Å². The number of carbonyl (C=O) groups excluding carboxylic acids is 3. The van der Waals surface area contributed by atoms with Crippen LogP contribution >= 0.6 is 0 Å². The van der Waals surface area contributed by atoms with E-state index in [4.69, 9.17) is 45.6 Å². The number of alkyl halides is 9. The van der Waals surface area contributed by atoms with Crippen molar-refractivity contribution in [3.8, 4) is 17.2 Å². The summed E-state index contributed by atoms with van der Waals surface area (Å²) >= 11 is 0. The van der Waals surface area contributed by atoms with Crippen LogP contribution in [0.5, 0.6) is 17.2 Å². The summed E-state index contributed by atoms with van der Waals surface area (Å²) in [7, 11) is 4.98. The van der Waals surface area contributed by atoms with Crippen molar-refractivity contribution >= 4 is 35.6 Å². The smallest absolute Gasteiger partial charge is 0.406 e. The zero-order chi connectivity index (χ0) is 68.2. The first-order chi connectivity index (χ1) is 45.5. The number of methoxy groups -OCH3 is 3. The van der Waals surface area contributed by atoms with E-state index in [0.717, 1.165) is 93.7 Å². The number of hydrogen-bond acceptors (Lipinski definition) is 15. The fraction of sp³-hybridized carbons (Fsp3) is 0.652. The monoisotopic (exact) mass is 1350 g/mol. The minimum atomic E-state index is -4.57. The Labute approximate surface area is 551 Å². The van der Waals surface area contributed by atoms with Crippen molar-refractivity contribution in [1.29, 1.82) is 0 Å². The summed E-state index contributed by atoms with van der Waals surface area (Å²) in [5.41, 5.74) is 16.4. The molecule has 6 N–H and O–H groups in total. The SMILES string of the molecule is COC1CCC2(CC1)Cc1ccc(OCC3CC3)cc1C21N=C(N)N(CC(F)(F)F)C1=O.COC1CCC2(CC1)Cc1ccc(OCC3CC3)cc1[C@@]21N=C(N)N(CC(F)(F)F)C1=O.COC1CCC2(CC1)Cc1ccc(OCC3CC3)cc1[C@]21N=C(N)N(CC(F)(F)F)C1=O. The lowest BCUT2D eigenvalue weighted by Crippen LogP contribution is -2.53. The molecule has 6 fully saturated rings. The minimum Gasteiger partial charge on any atom is -0.493 e. The molecule has 3 heterocycles. The third-order valence-corrected chi connectivity index (χ3v) is 22.9. The van der Waals surface area contributed by atoms with Crippen LogP contribution in [0, 0.1) is 34.0 Å². The minimum absolute atomic E-state index is 0.0722. The summed E-state index contributed by atoms with van der Waals surface area (Å²) in [4.78, 5) is 56.8. The number of rotatable bonds is 15. The number of guanidine groups is 3. The third kappa shape index (κ3) is 12.2. The maximum Gasteiger partial charge on any atom is 0.406 e. The normalized spacial score (nSPS) is 32.0. The van der Waals surface area contributed by atoms with E-state index in [1.165, 1.54) is 0 Å². The molecule has 3 aliphatic heterocycles. The van der Waals surface area contributed by atoms with Gasteiger partial charge in [-0.2, -0.15) is 39.5 Å². The number of ether oxygens (including phenoxy) is 6. The molecule has 9 aliphatic carbocycles. The molecule has 18 nitrogen and oxygen atoms in total. The fourth-order valence-electron chi connectivity index (χ4n) is 17.3. The van der Waals surface area contributed by atoms with Crippen LogP contribution in [0.25, 0.3) is 0 Å². The lowest BCUT2D eigenvalue weighted by Gasteiger charge is -2.45. The van der Waals surface area contributed by atoms with Gasteiger partial charge in [0.05, 0.1) is 38.1 Å². The van der Waals surface area contributed by atoms with E-state index < -0.39 is 88.7 Å². The first-order valence-corrected chi connectivity index (χ1v) is 33.6. The standard InChI is InChI=1S/3C23H28F3N3O3/c3*1-31-16-6-8-21(9-7-16)11-15-4-5-17(32-12-14-2-3-14)10-18(15)23(21)19(30)29(20(27)28-23)13-22(24,25)26/h3*4-5,10,14,16H,2-3,6-9,11-13H2,1H3,(H2,27,28)/t2*16?,21?,23-;/m10./s1. The number of amides is 3. The molecule has 27 heteroatoms. The van der Waals surface area contributed by atoms with E-state index >= 15 is 0 Å². The molecule has 522 valence electrons. The molecule has 6 spiro atoms. The van der Waals surface area contributed by atoms with Gasteiger partial charge in [0, 0.05) is 37.6 Å². The first kappa shape index (κ1) is 67.7. The Balaban J connectivity index is 0.000000130. The molecular weight excluding hydrogens is 1270 g/mol. The molecule has 3 amide bonds. The second kappa shape index (κ2) is 24.8. The van der Waals surface area contributed by atoms with Crippen molar-refractivity contribution < 1.29 is 82.3 Å². The molecule has 15 rings (SSSR count). The van der Waals surface area contributed by atoms with Crippen LogP contribution in [0.1, 0.15) is 149 Å². The Bertz CT molecular complexity index is 3220. The number of hydrogen-bond donors (Lipinski definition) is 3. The molecule has 0 bridgehead atoms. The molecule has 0 saturated heterocycles. The van der Waals surface area contributed by atoms with Gasteiger partial charge in [-0.05, 0) is 222 Å². The zero-order valence-corrected chi connectivity index (χ0v) is 54.2. The lowest BCUT2D eigenvalue weighted by molar-refractivity contribution is -0.158. The molecule has 3 aromatic carbocycles. The van der Waals surface area contributed by atoms with E-state index in [-0.39, 0.29) is 36.2 Å². The number of fused-ring (bicyclic) bond motifs is 9. The van der Waals surface area contributed by atoms with Crippen LogP contribution in [0.3, 0.4) is 0 Å². The second-order valence-corrected chi connectivity index (χ2v) is 29.0. The Morgan fingerprint density at radius 3 is 0.854 bits per heavy atom. The van der Waals surface area contributed by atoms with Crippen molar-refractivity contribution in [1.82, 2.24) is 14.7 Å². The van der Waals surface area contributed by atoms with Crippen LogP contribution in [0.2, 0.25) is 0 Å². The average Bonchev–Trinajstić information content (AvgIpc) is 1.53. The van der Waals surface area contributed by atoms with Crippen molar-refractivity contribution in [2.45, 2.75) is 188 Å².